The highest BCUT2D eigenvalue weighted by Gasteiger charge is 2.16. The fourth-order valence-corrected chi connectivity index (χ4v) is 3.29. The summed E-state index contributed by atoms with van der Waals surface area (Å²) in [5.74, 6) is 0. The van der Waals surface area contributed by atoms with E-state index >= 15 is 0 Å². The van der Waals surface area contributed by atoms with Gasteiger partial charge in [-0.3, -0.25) is 4.98 Å². The molecule has 0 aliphatic rings. The second kappa shape index (κ2) is 6.33. The monoisotopic (exact) mass is 305 g/mol. The molecule has 5 heteroatoms. The lowest BCUT2D eigenvalue weighted by Crippen LogP contribution is -2.26. The van der Waals surface area contributed by atoms with Crippen molar-refractivity contribution in [1.82, 2.24) is 4.98 Å². The van der Waals surface area contributed by atoms with Gasteiger partial charge < -0.3 is 10.6 Å². The molecule has 106 valence electrons. The van der Waals surface area contributed by atoms with Crippen LogP contribution in [0.2, 0.25) is 0 Å². The largest absolute Gasteiger partial charge is 0.389 e. The van der Waals surface area contributed by atoms with Crippen LogP contribution in [0.4, 0.5) is 5.69 Å². The summed E-state index contributed by atoms with van der Waals surface area (Å²) in [6, 6.07) is 6.29. The minimum atomic E-state index is 0.412. The van der Waals surface area contributed by atoms with Gasteiger partial charge in [-0.1, -0.05) is 18.3 Å². The first kappa shape index (κ1) is 14.9. The van der Waals surface area contributed by atoms with Crippen LogP contribution in [0.25, 0.3) is 0 Å². The molecule has 0 unspecified atom stereocenters. The first-order chi connectivity index (χ1) is 9.52. The van der Waals surface area contributed by atoms with E-state index in [0.717, 1.165) is 35.7 Å². The zero-order valence-corrected chi connectivity index (χ0v) is 13.6. The van der Waals surface area contributed by atoms with Gasteiger partial charge in [-0.05, 0) is 38.3 Å². The molecule has 0 atom stereocenters. The zero-order chi connectivity index (χ0) is 14.7. The van der Waals surface area contributed by atoms with Crippen molar-refractivity contribution in [1.29, 1.82) is 0 Å². The molecule has 0 bridgehead atoms. The number of hydrogen-bond donors (Lipinski definition) is 1. The van der Waals surface area contributed by atoms with E-state index in [0.29, 0.717) is 4.99 Å². The van der Waals surface area contributed by atoms with Gasteiger partial charge in [-0.2, -0.15) is 0 Å². The van der Waals surface area contributed by atoms with Crippen molar-refractivity contribution in [3.63, 3.8) is 0 Å². The average Bonchev–Trinajstić information content (AvgIpc) is 2.87. The van der Waals surface area contributed by atoms with Crippen LogP contribution in [0.1, 0.15) is 28.8 Å². The van der Waals surface area contributed by atoms with Gasteiger partial charge in [0.1, 0.15) is 4.99 Å². The molecule has 2 heterocycles. The van der Waals surface area contributed by atoms with Gasteiger partial charge in [-0.15, -0.1) is 11.3 Å². The second-order valence-electron chi connectivity index (χ2n) is 4.70. The summed E-state index contributed by atoms with van der Waals surface area (Å²) in [5, 5.41) is 2.10. The topological polar surface area (TPSA) is 42.2 Å². The standard InChI is InChI=1S/C15H19N3S2/c1-4-18(9-12-6-5-7-20-12)13-8-10(2)17-11(3)14(13)15(16)19/h5-8H,4,9H2,1-3H3,(H2,16,19). The predicted molar refractivity (Wildman–Crippen MR) is 90.6 cm³/mol. The maximum absolute atomic E-state index is 5.90. The Labute approximate surface area is 129 Å². The van der Waals surface area contributed by atoms with E-state index in [1.165, 1.54) is 4.88 Å². The number of aryl methyl sites for hydroxylation is 2. The highest BCUT2D eigenvalue weighted by Crippen LogP contribution is 2.26. The summed E-state index contributed by atoms with van der Waals surface area (Å²) in [4.78, 5) is 8.51. The summed E-state index contributed by atoms with van der Waals surface area (Å²) in [6.45, 7) is 7.87. The van der Waals surface area contributed by atoms with Crippen LogP contribution in [0.5, 0.6) is 0 Å². The Balaban J connectivity index is 2.45. The van der Waals surface area contributed by atoms with E-state index in [2.05, 4.69) is 40.4 Å². The van der Waals surface area contributed by atoms with Crippen LogP contribution in [0.3, 0.4) is 0 Å². The van der Waals surface area contributed by atoms with Gasteiger partial charge >= 0.3 is 0 Å². The molecule has 0 fully saturated rings. The molecule has 2 rings (SSSR count). The number of pyridine rings is 1. The van der Waals surface area contributed by atoms with Crippen LogP contribution in [-0.2, 0) is 6.54 Å². The van der Waals surface area contributed by atoms with Crippen molar-refractivity contribution < 1.29 is 0 Å². The first-order valence-corrected chi connectivity index (χ1v) is 7.87. The van der Waals surface area contributed by atoms with Gasteiger partial charge in [0.2, 0.25) is 0 Å². The molecule has 0 aromatic carbocycles. The highest BCUT2D eigenvalue weighted by atomic mass is 32.1. The van der Waals surface area contributed by atoms with Crippen molar-refractivity contribution >= 4 is 34.2 Å². The maximum atomic E-state index is 5.90. The Kier molecular flexibility index (Phi) is 4.73. The number of hydrogen-bond acceptors (Lipinski definition) is 4. The number of rotatable bonds is 5. The van der Waals surface area contributed by atoms with Crippen LogP contribution in [-0.4, -0.2) is 16.5 Å². The maximum Gasteiger partial charge on any atom is 0.107 e. The normalized spacial score (nSPS) is 10.6. The minimum Gasteiger partial charge on any atom is -0.389 e. The Bertz CT molecular complexity index is 606. The Hall–Kier alpha value is -1.46. The molecule has 3 nitrogen and oxygen atoms in total. The minimum absolute atomic E-state index is 0.412. The lowest BCUT2D eigenvalue weighted by atomic mass is 10.1. The van der Waals surface area contributed by atoms with E-state index < -0.39 is 0 Å². The van der Waals surface area contributed by atoms with Crippen molar-refractivity contribution in [3.05, 3.63) is 45.4 Å². The van der Waals surface area contributed by atoms with Crippen LogP contribution >= 0.6 is 23.6 Å². The molecule has 0 saturated heterocycles. The number of nitrogens with two attached hydrogens (primary N) is 1. The van der Waals surface area contributed by atoms with Gasteiger partial charge in [0, 0.05) is 22.8 Å². The molecular weight excluding hydrogens is 286 g/mol. The molecule has 0 amide bonds. The molecule has 2 aromatic heterocycles. The lowest BCUT2D eigenvalue weighted by molar-refractivity contribution is 0.836. The summed E-state index contributed by atoms with van der Waals surface area (Å²) >= 11 is 6.97. The van der Waals surface area contributed by atoms with Crippen LogP contribution in [0.15, 0.2) is 23.6 Å². The third-order valence-electron chi connectivity index (χ3n) is 3.20. The van der Waals surface area contributed by atoms with E-state index in [4.69, 9.17) is 18.0 Å². The number of anilines is 1. The molecule has 0 saturated carbocycles. The Morgan fingerprint density at radius 2 is 2.20 bits per heavy atom. The fourth-order valence-electron chi connectivity index (χ4n) is 2.32. The van der Waals surface area contributed by atoms with Gasteiger partial charge in [-0.25, -0.2) is 0 Å². The summed E-state index contributed by atoms with van der Waals surface area (Å²) < 4.78 is 0. The number of aromatic nitrogens is 1. The summed E-state index contributed by atoms with van der Waals surface area (Å²) in [6.07, 6.45) is 0. The van der Waals surface area contributed by atoms with Crippen molar-refractivity contribution in [2.45, 2.75) is 27.3 Å². The molecule has 20 heavy (non-hydrogen) atoms. The fraction of sp³-hybridized carbons (Fsp3) is 0.333. The molecule has 0 spiro atoms. The third kappa shape index (κ3) is 3.16. The second-order valence-corrected chi connectivity index (χ2v) is 6.17. The quantitative estimate of drug-likeness (QED) is 0.860. The van der Waals surface area contributed by atoms with Crippen molar-refractivity contribution in [2.75, 3.05) is 11.4 Å². The number of nitrogens with zero attached hydrogens (tertiary/aromatic N) is 2. The smallest absolute Gasteiger partial charge is 0.107 e. The van der Waals surface area contributed by atoms with Crippen molar-refractivity contribution in [2.24, 2.45) is 5.73 Å². The number of thiophene rings is 1. The Morgan fingerprint density at radius 3 is 2.75 bits per heavy atom. The van der Waals surface area contributed by atoms with Crippen LogP contribution in [0, 0.1) is 13.8 Å². The molecule has 2 N–H and O–H groups in total. The summed E-state index contributed by atoms with van der Waals surface area (Å²) in [5.41, 5.74) is 9.76. The van der Waals surface area contributed by atoms with E-state index in [1.54, 1.807) is 11.3 Å². The Morgan fingerprint density at radius 1 is 1.45 bits per heavy atom. The zero-order valence-electron chi connectivity index (χ0n) is 12.0. The van der Waals surface area contributed by atoms with E-state index in [-0.39, 0.29) is 0 Å². The first-order valence-electron chi connectivity index (χ1n) is 6.58. The van der Waals surface area contributed by atoms with Gasteiger partial charge in [0.15, 0.2) is 0 Å². The number of thiocarbonyl (C=S) groups is 1. The van der Waals surface area contributed by atoms with Gasteiger partial charge in [0.25, 0.3) is 0 Å². The molecular formula is C15H19N3S2. The third-order valence-corrected chi connectivity index (χ3v) is 4.27. The SMILES string of the molecule is CCN(Cc1cccs1)c1cc(C)nc(C)c1C(N)=S. The summed E-state index contributed by atoms with van der Waals surface area (Å²) in [7, 11) is 0. The van der Waals surface area contributed by atoms with Crippen LogP contribution < -0.4 is 10.6 Å². The molecule has 0 aliphatic heterocycles. The lowest BCUT2D eigenvalue weighted by Gasteiger charge is -2.26. The molecule has 2 aromatic rings. The van der Waals surface area contributed by atoms with E-state index in [9.17, 15) is 0 Å². The van der Waals surface area contributed by atoms with E-state index in [1.807, 2.05) is 13.8 Å². The highest BCUT2D eigenvalue weighted by molar-refractivity contribution is 7.80. The molecule has 0 radical (unpaired) electrons. The average molecular weight is 305 g/mol. The predicted octanol–water partition coefficient (Wildman–Crippen LogP) is 3.42. The van der Waals surface area contributed by atoms with Gasteiger partial charge in [0.05, 0.1) is 17.8 Å². The van der Waals surface area contributed by atoms with Crippen molar-refractivity contribution in [3.8, 4) is 0 Å². The molecule has 0 aliphatic carbocycles.